The Hall–Kier alpha value is -1.49. The van der Waals surface area contributed by atoms with Gasteiger partial charge in [-0.15, -0.1) is 0 Å². The predicted octanol–water partition coefficient (Wildman–Crippen LogP) is 0.187. The molecule has 2 rings (SSSR count). The van der Waals surface area contributed by atoms with Crippen molar-refractivity contribution in [2.45, 2.75) is 25.4 Å². The molecule has 1 N–H and O–H groups in total. The zero-order valence-corrected chi connectivity index (χ0v) is 9.39. The standard InChI is InChI=1S/C11H16N4O/c1-15-7-10(2-3-11(15)16)14-6-9-4-12-8-13-5-9/h4-5,8,10,14H,2-3,6-7H2,1H3. The van der Waals surface area contributed by atoms with Crippen molar-refractivity contribution >= 4 is 5.91 Å². The molecule has 0 spiro atoms. The maximum Gasteiger partial charge on any atom is 0.222 e. The molecule has 5 nitrogen and oxygen atoms in total. The Morgan fingerprint density at radius 1 is 1.50 bits per heavy atom. The van der Waals surface area contributed by atoms with Crippen molar-refractivity contribution in [3.05, 3.63) is 24.3 Å². The van der Waals surface area contributed by atoms with Crippen LogP contribution in [0.4, 0.5) is 0 Å². The molecule has 1 aromatic heterocycles. The zero-order valence-electron chi connectivity index (χ0n) is 9.39. The zero-order chi connectivity index (χ0) is 11.4. The molecule has 1 amide bonds. The molecule has 1 atom stereocenters. The first-order valence-corrected chi connectivity index (χ1v) is 5.47. The number of nitrogens with one attached hydrogen (secondary N) is 1. The summed E-state index contributed by atoms with van der Waals surface area (Å²) in [6.45, 7) is 1.54. The van der Waals surface area contributed by atoms with Crippen molar-refractivity contribution in [2.24, 2.45) is 0 Å². The molecular weight excluding hydrogens is 204 g/mol. The number of nitrogens with zero attached hydrogens (tertiary/aromatic N) is 3. The fourth-order valence-corrected chi connectivity index (χ4v) is 1.86. The SMILES string of the molecule is CN1CC(NCc2cncnc2)CCC1=O. The van der Waals surface area contributed by atoms with Gasteiger partial charge in [0.25, 0.3) is 0 Å². The Balaban J connectivity index is 1.81. The predicted molar refractivity (Wildman–Crippen MR) is 59.5 cm³/mol. The van der Waals surface area contributed by atoms with Crippen LogP contribution in [-0.4, -0.2) is 40.4 Å². The number of amides is 1. The number of carbonyl (C=O) groups is 1. The van der Waals surface area contributed by atoms with E-state index in [4.69, 9.17) is 0 Å². The molecule has 0 aromatic carbocycles. The highest BCUT2D eigenvalue weighted by molar-refractivity contribution is 5.76. The number of piperidine rings is 1. The van der Waals surface area contributed by atoms with E-state index in [0.717, 1.165) is 25.1 Å². The number of hydrogen-bond donors (Lipinski definition) is 1. The van der Waals surface area contributed by atoms with Crippen LogP contribution in [0.2, 0.25) is 0 Å². The summed E-state index contributed by atoms with van der Waals surface area (Å²) in [5, 5.41) is 3.41. The van der Waals surface area contributed by atoms with Gasteiger partial charge in [-0.2, -0.15) is 0 Å². The summed E-state index contributed by atoms with van der Waals surface area (Å²) < 4.78 is 0. The van der Waals surface area contributed by atoms with Gasteiger partial charge >= 0.3 is 0 Å². The minimum absolute atomic E-state index is 0.237. The van der Waals surface area contributed by atoms with Crippen molar-refractivity contribution in [3.8, 4) is 0 Å². The summed E-state index contributed by atoms with van der Waals surface area (Å²) in [6, 6.07) is 0.378. The lowest BCUT2D eigenvalue weighted by Crippen LogP contribution is -2.46. The highest BCUT2D eigenvalue weighted by Gasteiger charge is 2.21. The maximum absolute atomic E-state index is 11.3. The summed E-state index contributed by atoms with van der Waals surface area (Å²) in [6.07, 6.45) is 6.68. The van der Waals surface area contributed by atoms with E-state index >= 15 is 0 Å². The Morgan fingerprint density at radius 2 is 2.25 bits per heavy atom. The smallest absolute Gasteiger partial charge is 0.222 e. The van der Waals surface area contributed by atoms with Gasteiger partial charge in [0.05, 0.1) is 0 Å². The fourth-order valence-electron chi connectivity index (χ4n) is 1.86. The third-order valence-corrected chi connectivity index (χ3v) is 2.84. The van der Waals surface area contributed by atoms with Crippen molar-refractivity contribution in [3.63, 3.8) is 0 Å². The van der Waals surface area contributed by atoms with Gasteiger partial charge < -0.3 is 10.2 Å². The maximum atomic E-state index is 11.3. The molecule has 16 heavy (non-hydrogen) atoms. The average Bonchev–Trinajstić information content (AvgIpc) is 2.32. The molecule has 0 aliphatic carbocycles. The summed E-state index contributed by atoms with van der Waals surface area (Å²) in [5.74, 6) is 0.237. The second-order valence-corrected chi connectivity index (χ2v) is 4.14. The summed E-state index contributed by atoms with van der Waals surface area (Å²) in [5.41, 5.74) is 1.07. The molecule has 1 saturated heterocycles. The molecule has 2 heterocycles. The minimum Gasteiger partial charge on any atom is -0.344 e. The molecule has 1 unspecified atom stereocenters. The van der Waals surface area contributed by atoms with Crippen LogP contribution in [0.5, 0.6) is 0 Å². The van der Waals surface area contributed by atoms with E-state index in [2.05, 4.69) is 15.3 Å². The van der Waals surface area contributed by atoms with Crippen LogP contribution in [0.15, 0.2) is 18.7 Å². The number of hydrogen-bond acceptors (Lipinski definition) is 4. The van der Waals surface area contributed by atoms with Crippen LogP contribution in [0.25, 0.3) is 0 Å². The van der Waals surface area contributed by atoms with Gasteiger partial charge in [0.2, 0.25) is 5.91 Å². The quantitative estimate of drug-likeness (QED) is 0.790. The van der Waals surface area contributed by atoms with Gasteiger partial charge in [0.15, 0.2) is 0 Å². The van der Waals surface area contributed by atoms with Crippen molar-refractivity contribution in [2.75, 3.05) is 13.6 Å². The monoisotopic (exact) mass is 220 g/mol. The Morgan fingerprint density at radius 3 is 2.94 bits per heavy atom. The lowest BCUT2D eigenvalue weighted by Gasteiger charge is -2.30. The van der Waals surface area contributed by atoms with E-state index in [-0.39, 0.29) is 5.91 Å². The molecule has 1 aliphatic rings. The molecule has 1 aliphatic heterocycles. The van der Waals surface area contributed by atoms with Gasteiger partial charge in [-0.25, -0.2) is 9.97 Å². The van der Waals surface area contributed by atoms with E-state index in [1.54, 1.807) is 17.3 Å². The number of likely N-dealkylation sites (tertiary alicyclic amines) is 1. The molecular formula is C11H16N4O. The fraction of sp³-hybridized carbons (Fsp3) is 0.545. The Labute approximate surface area is 94.9 Å². The van der Waals surface area contributed by atoms with Gasteiger partial charge in [-0.05, 0) is 6.42 Å². The number of aromatic nitrogens is 2. The molecule has 0 saturated carbocycles. The van der Waals surface area contributed by atoms with E-state index < -0.39 is 0 Å². The van der Waals surface area contributed by atoms with E-state index in [0.29, 0.717) is 12.5 Å². The lowest BCUT2D eigenvalue weighted by molar-refractivity contribution is -0.132. The second-order valence-electron chi connectivity index (χ2n) is 4.14. The third-order valence-electron chi connectivity index (χ3n) is 2.84. The molecule has 5 heteroatoms. The van der Waals surface area contributed by atoms with E-state index in [9.17, 15) is 4.79 Å². The topological polar surface area (TPSA) is 58.1 Å². The molecule has 1 fully saturated rings. The Kier molecular flexibility index (Phi) is 3.46. The molecule has 0 radical (unpaired) electrons. The molecule has 1 aromatic rings. The van der Waals surface area contributed by atoms with E-state index in [1.807, 2.05) is 7.05 Å². The molecule has 0 bridgehead atoms. The van der Waals surface area contributed by atoms with Gasteiger partial charge in [-0.1, -0.05) is 0 Å². The third kappa shape index (κ3) is 2.76. The van der Waals surface area contributed by atoms with Gasteiger partial charge in [0.1, 0.15) is 6.33 Å². The first kappa shape index (κ1) is 11.0. The minimum atomic E-state index is 0.237. The highest BCUT2D eigenvalue weighted by Crippen LogP contribution is 2.10. The number of rotatable bonds is 3. The van der Waals surface area contributed by atoms with Gasteiger partial charge in [0, 0.05) is 50.6 Å². The van der Waals surface area contributed by atoms with Gasteiger partial charge in [-0.3, -0.25) is 4.79 Å². The first-order chi connectivity index (χ1) is 7.75. The largest absolute Gasteiger partial charge is 0.344 e. The second kappa shape index (κ2) is 5.03. The number of carbonyl (C=O) groups excluding carboxylic acids is 1. The van der Waals surface area contributed by atoms with Crippen LogP contribution < -0.4 is 5.32 Å². The normalized spacial score (nSPS) is 21.2. The van der Waals surface area contributed by atoms with E-state index in [1.165, 1.54) is 6.33 Å². The van der Waals surface area contributed by atoms with Crippen LogP contribution in [0.1, 0.15) is 18.4 Å². The van der Waals surface area contributed by atoms with Crippen LogP contribution in [-0.2, 0) is 11.3 Å². The van der Waals surface area contributed by atoms with Crippen molar-refractivity contribution < 1.29 is 4.79 Å². The van der Waals surface area contributed by atoms with Crippen molar-refractivity contribution in [1.29, 1.82) is 0 Å². The highest BCUT2D eigenvalue weighted by atomic mass is 16.2. The Bertz CT molecular complexity index is 354. The van der Waals surface area contributed by atoms with Crippen LogP contribution >= 0.6 is 0 Å². The summed E-state index contributed by atoms with van der Waals surface area (Å²) in [4.78, 5) is 21.0. The molecule has 86 valence electrons. The van der Waals surface area contributed by atoms with Crippen LogP contribution in [0.3, 0.4) is 0 Å². The average molecular weight is 220 g/mol. The lowest BCUT2D eigenvalue weighted by atomic mass is 10.1. The van der Waals surface area contributed by atoms with Crippen molar-refractivity contribution in [1.82, 2.24) is 20.2 Å². The first-order valence-electron chi connectivity index (χ1n) is 5.47. The van der Waals surface area contributed by atoms with Crippen LogP contribution in [0, 0.1) is 0 Å². The summed E-state index contributed by atoms with van der Waals surface area (Å²) in [7, 11) is 1.85. The number of likely N-dealkylation sites (N-methyl/N-ethyl adjacent to an activating group) is 1. The summed E-state index contributed by atoms with van der Waals surface area (Å²) >= 11 is 0.